The third kappa shape index (κ3) is 2.71. The molecule has 0 saturated heterocycles. The summed E-state index contributed by atoms with van der Waals surface area (Å²) in [4.78, 5) is 25.9. The zero-order chi connectivity index (χ0) is 18.2. The molecule has 6 heteroatoms. The highest BCUT2D eigenvalue weighted by molar-refractivity contribution is 7.17. The molecule has 4 aromatic rings. The summed E-state index contributed by atoms with van der Waals surface area (Å²) in [5, 5.41) is 6.16. The molecular formula is C21H14N4OS. The van der Waals surface area contributed by atoms with Crippen molar-refractivity contribution in [1.82, 2.24) is 15.3 Å². The van der Waals surface area contributed by atoms with Crippen molar-refractivity contribution in [3.63, 3.8) is 0 Å². The smallest absolute Gasteiger partial charge is 0.258 e. The molecule has 5 nitrogen and oxygen atoms in total. The van der Waals surface area contributed by atoms with Crippen LogP contribution in [0.5, 0.6) is 0 Å². The van der Waals surface area contributed by atoms with Crippen LogP contribution in [0, 0.1) is 0 Å². The topological polar surface area (TPSA) is 67.2 Å². The van der Waals surface area contributed by atoms with Crippen LogP contribution in [0.2, 0.25) is 0 Å². The minimum Gasteiger partial charge on any atom is -0.310 e. The van der Waals surface area contributed by atoms with Crippen molar-refractivity contribution in [2.75, 3.05) is 0 Å². The predicted molar refractivity (Wildman–Crippen MR) is 109 cm³/mol. The Labute approximate surface area is 159 Å². The summed E-state index contributed by atoms with van der Waals surface area (Å²) in [6.45, 7) is 0. The van der Waals surface area contributed by atoms with Gasteiger partial charge < -0.3 is 5.32 Å². The maximum Gasteiger partial charge on any atom is 0.258 e. The van der Waals surface area contributed by atoms with E-state index in [4.69, 9.17) is 0 Å². The molecule has 0 radical (unpaired) electrons. The molecule has 1 aliphatic heterocycles. The Morgan fingerprint density at radius 1 is 1.00 bits per heavy atom. The van der Waals surface area contributed by atoms with Gasteiger partial charge in [0.2, 0.25) is 0 Å². The van der Waals surface area contributed by atoms with Gasteiger partial charge in [-0.25, -0.2) is 4.99 Å². The van der Waals surface area contributed by atoms with E-state index in [1.807, 2.05) is 30.3 Å². The number of aromatic nitrogens is 2. The van der Waals surface area contributed by atoms with Gasteiger partial charge in [-0.05, 0) is 17.5 Å². The Balaban J connectivity index is 1.65. The van der Waals surface area contributed by atoms with Gasteiger partial charge in [-0.3, -0.25) is 14.8 Å². The standard InChI is InChI=1S/C21H14N4OS/c26-21(25-18-6-3-9-22-18)15-8-7-14(19-20(15)24-11-10-23-19)16-12-27-17-5-2-1-4-13(16)17/h1-5,7-12H,6H2,(H,22,25,26). The number of carbonyl (C=O) groups excluding carboxylic acids is 1. The SMILES string of the molecule is O=C(NC1=NC=CC1)c1ccc(-c2csc3ccccc23)c2nccnc12. The fraction of sp³-hybridized carbons (Fsp3) is 0.0476. The molecule has 130 valence electrons. The van der Waals surface area contributed by atoms with E-state index in [0.29, 0.717) is 23.3 Å². The molecule has 0 aliphatic carbocycles. The third-order valence-corrected chi connectivity index (χ3v) is 5.51. The van der Waals surface area contributed by atoms with Crippen LogP contribution in [-0.4, -0.2) is 21.7 Å². The number of benzene rings is 2. The van der Waals surface area contributed by atoms with Gasteiger partial charge in [0.15, 0.2) is 0 Å². The predicted octanol–water partition coefficient (Wildman–Crippen LogP) is 4.56. The first kappa shape index (κ1) is 15.8. The Morgan fingerprint density at radius 2 is 1.85 bits per heavy atom. The molecule has 0 unspecified atom stereocenters. The van der Waals surface area contributed by atoms with Crippen LogP contribution in [0.3, 0.4) is 0 Å². The average molecular weight is 370 g/mol. The number of hydrogen-bond donors (Lipinski definition) is 1. The van der Waals surface area contributed by atoms with Crippen molar-refractivity contribution in [3.8, 4) is 11.1 Å². The Hall–Kier alpha value is -3.38. The number of hydrogen-bond acceptors (Lipinski definition) is 5. The molecule has 0 fully saturated rings. The first-order valence-corrected chi connectivity index (χ1v) is 9.42. The van der Waals surface area contributed by atoms with Crippen LogP contribution in [0.25, 0.3) is 32.2 Å². The van der Waals surface area contributed by atoms with Crippen LogP contribution in [0.15, 0.2) is 71.4 Å². The number of amidine groups is 1. The lowest BCUT2D eigenvalue weighted by Crippen LogP contribution is -2.29. The van der Waals surface area contributed by atoms with Crippen molar-refractivity contribution in [2.24, 2.45) is 4.99 Å². The summed E-state index contributed by atoms with van der Waals surface area (Å²) < 4.78 is 1.22. The molecule has 27 heavy (non-hydrogen) atoms. The molecule has 1 aliphatic rings. The van der Waals surface area contributed by atoms with Crippen molar-refractivity contribution < 1.29 is 4.79 Å². The van der Waals surface area contributed by atoms with Crippen molar-refractivity contribution >= 4 is 44.2 Å². The molecule has 1 N–H and O–H groups in total. The van der Waals surface area contributed by atoms with Crippen LogP contribution in [0.1, 0.15) is 16.8 Å². The lowest BCUT2D eigenvalue weighted by molar-refractivity contribution is 0.0978. The third-order valence-electron chi connectivity index (χ3n) is 4.55. The summed E-state index contributed by atoms with van der Waals surface area (Å²) in [5.74, 6) is 0.426. The molecule has 2 aromatic carbocycles. The normalized spacial score (nSPS) is 13.3. The van der Waals surface area contributed by atoms with Crippen molar-refractivity contribution in [1.29, 1.82) is 0 Å². The second-order valence-electron chi connectivity index (χ2n) is 6.18. The Kier molecular flexibility index (Phi) is 3.76. The molecule has 3 heterocycles. The van der Waals surface area contributed by atoms with Gasteiger partial charge in [0.25, 0.3) is 5.91 Å². The van der Waals surface area contributed by atoms with E-state index < -0.39 is 0 Å². The van der Waals surface area contributed by atoms with E-state index in [1.165, 1.54) is 10.1 Å². The summed E-state index contributed by atoms with van der Waals surface area (Å²) >= 11 is 1.70. The van der Waals surface area contributed by atoms with E-state index in [-0.39, 0.29) is 5.91 Å². The van der Waals surface area contributed by atoms with Crippen LogP contribution in [-0.2, 0) is 0 Å². The Morgan fingerprint density at radius 3 is 2.70 bits per heavy atom. The molecule has 2 aromatic heterocycles. The maximum atomic E-state index is 12.7. The van der Waals surface area contributed by atoms with Crippen LogP contribution >= 0.6 is 11.3 Å². The van der Waals surface area contributed by atoms with Gasteiger partial charge in [0, 0.05) is 46.2 Å². The first-order valence-electron chi connectivity index (χ1n) is 8.54. The van der Waals surface area contributed by atoms with Crippen LogP contribution < -0.4 is 5.32 Å². The Bertz CT molecular complexity index is 1260. The van der Waals surface area contributed by atoms with E-state index in [1.54, 1.807) is 29.9 Å². The largest absolute Gasteiger partial charge is 0.310 e. The van der Waals surface area contributed by atoms with Gasteiger partial charge in [-0.15, -0.1) is 11.3 Å². The van der Waals surface area contributed by atoms with Crippen molar-refractivity contribution in [2.45, 2.75) is 6.42 Å². The zero-order valence-corrected chi connectivity index (χ0v) is 15.0. The molecule has 1 amide bonds. The lowest BCUT2D eigenvalue weighted by atomic mass is 10.00. The van der Waals surface area contributed by atoms with Crippen LogP contribution in [0.4, 0.5) is 0 Å². The zero-order valence-electron chi connectivity index (χ0n) is 14.2. The monoisotopic (exact) mass is 370 g/mol. The summed E-state index contributed by atoms with van der Waals surface area (Å²) in [7, 11) is 0. The molecule has 0 bridgehead atoms. The average Bonchev–Trinajstić information content (AvgIpc) is 3.37. The minimum absolute atomic E-state index is 0.218. The number of aliphatic imine (C=N–C) groups is 1. The minimum atomic E-state index is -0.218. The van der Waals surface area contributed by atoms with Gasteiger partial charge in [-0.2, -0.15) is 0 Å². The summed E-state index contributed by atoms with van der Waals surface area (Å²) in [6.07, 6.45) is 7.50. The summed E-state index contributed by atoms with van der Waals surface area (Å²) in [5.41, 5.74) is 3.90. The van der Waals surface area contributed by atoms with E-state index in [2.05, 4.69) is 37.8 Å². The van der Waals surface area contributed by atoms with E-state index in [0.717, 1.165) is 16.6 Å². The number of fused-ring (bicyclic) bond motifs is 2. The second kappa shape index (κ2) is 6.41. The fourth-order valence-electron chi connectivity index (χ4n) is 3.29. The van der Waals surface area contributed by atoms with Gasteiger partial charge in [-0.1, -0.05) is 30.3 Å². The molecule has 0 spiro atoms. The number of rotatable bonds is 2. The maximum absolute atomic E-state index is 12.7. The second-order valence-corrected chi connectivity index (χ2v) is 7.09. The van der Waals surface area contributed by atoms with Gasteiger partial charge >= 0.3 is 0 Å². The molecule has 0 atom stereocenters. The lowest BCUT2D eigenvalue weighted by Gasteiger charge is -2.10. The number of thiophene rings is 1. The molecule has 5 rings (SSSR count). The highest BCUT2D eigenvalue weighted by Crippen LogP contribution is 2.37. The molecular weight excluding hydrogens is 356 g/mol. The highest BCUT2D eigenvalue weighted by Gasteiger charge is 2.18. The quantitative estimate of drug-likeness (QED) is 0.562. The van der Waals surface area contributed by atoms with E-state index in [9.17, 15) is 4.79 Å². The van der Waals surface area contributed by atoms with Crippen molar-refractivity contribution in [3.05, 3.63) is 72.0 Å². The number of carbonyl (C=O) groups is 1. The fourth-order valence-corrected chi connectivity index (χ4v) is 4.25. The number of amides is 1. The number of nitrogens with one attached hydrogen (secondary N) is 1. The van der Waals surface area contributed by atoms with Gasteiger partial charge in [0.1, 0.15) is 11.4 Å². The first-order chi connectivity index (χ1) is 13.3. The van der Waals surface area contributed by atoms with E-state index >= 15 is 0 Å². The molecule has 0 saturated carbocycles. The van der Waals surface area contributed by atoms with Gasteiger partial charge in [0.05, 0.1) is 11.1 Å². The highest BCUT2D eigenvalue weighted by atomic mass is 32.1. The number of nitrogens with zero attached hydrogens (tertiary/aromatic N) is 3. The summed E-state index contributed by atoms with van der Waals surface area (Å²) in [6, 6.07) is 12.1.